The van der Waals surface area contributed by atoms with Gasteiger partial charge < -0.3 is 19.5 Å². The molecule has 1 N–H and O–H groups in total. The number of aryl methyl sites for hydroxylation is 1. The first kappa shape index (κ1) is 26.4. The predicted octanol–water partition coefficient (Wildman–Crippen LogP) is 6.18. The number of aromatic nitrogens is 5. The number of hydrogen-bond acceptors (Lipinski definition) is 7. The van der Waals surface area contributed by atoms with E-state index in [1.807, 2.05) is 46.8 Å². The van der Waals surface area contributed by atoms with Crippen molar-refractivity contribution in [3.05, 3.63) is 84.8 Å². The van der Waals surface area contributed by atoms with Crippen molar-refractivity contribution in [1.82, 2.24) is 29.4 Å². The lowest BCUT2D eigenvalue weighted by atomic mass is 9.98. The van der Waals surface area contributed by atoms with Crippen LogP contribution in [0.25, 0.3) is 22.1 Å². The SMILES string of the molecule is C=CC(=O)N1CCCC[C@@H](c2ccc3ncnc(Nc4ccc(Oc5ccc6c(c5)ncn6C)c(C)c4F)c3n2)C1. The highest BCUT2D eigenvalue weighted by atomic mass is 19.1. The molecule has 1 aliphatic rings. The molecule has 3 aromatic heterocycles. The lowest BCUT2D eigenvalue weighted by Crippen LogP contribution is -2.32. The number of nitrogens with zero attached hydrogens (tertiary/aromatic N) is 6. The van der Waals surface area contributed by atoms with Crippen molar-refractivity contribution in [2.75, 3.05) is 18.4 Å². The Labute approximate surface area is 236 Å². The van der Waals surface area contributed by atoms with Gasteiger partial charge in [0.05, 0.1) is 28.6 Å². The fourth-order valence-electron chi connectivity index (χ4n) is 5.30. The summed E-state index contributed by atoms with van der Waals surface area (Å²) in [5, 5.41) is 3.12. The van der Waals surface area contributed by atoms with E-state index in [2.05, 4.69) is 26.8 Å². The standard InChI is InChI=1S/C31H30FN7O2/c1-4-28(40)39-14-6-5-7-20(16-39)22-9-10-24-30(36-22)31(34-17-33-24)37-23-11-13-27(19(2)29(23)32)41-21-8-12-26-25(15-21)35-18-38(26)3/h4,8-13,15,17-18,20H,1,5-7,14,16H2,2-3H3,(H,33,34,37)/t20-/m1/s1. The molecule has 1 aliphatic heterocycles. The molecule has 0 unspecified atom stereocenters. The van der Waals surface area contributed by atoms with Crippen LogP contribution in [0.4, 0.5) is 15.9 Å². The summed E-state index contributed by atoms with van der Waals surface area (Å²) in [5.74, 6) is 0.926. The summed E-state index contributed by atoms with van der Waals surface area (Å²) < 4.78 is 23.6. The highest BCUT2D eigenvalue weighted by molar-refractivity contribution is 5.88. The zero-order valence-electron chi connectivity index (χ0n) is 23.0. The number of fused-ring (bicyclic) bond motifs is 2. The zero-order valence-corrected chi connectivity index (χ0v) is 23.0. The van der Waals surface area contributed by atoms with Crippen molar-refractivity contribution in [3.8, 4) is 11.5 Å². The number of imidazole rings is 1. The van der Waals surface area contributed by atoms with Crippen LogP contribution in [-0.4, -0.2) is 48.4 Å². The smallest absolute Gasteiger partial charge is 0.245 e. The van der Waals surface area contributed by atoms with Crippen molar-refractivity contribution < 1.29 is 13.9 Å². The van der Waals surface area contributed by atoms with Crippen molar-refractivity contribution in [3.63, 3.8) is 0 Å². The van der Waals surface area contributed by atoms with E-state index >= 15 is 4.39 Å². The van der Waals surface area contributed by atoms with Crippen LogP contribution in [0.15, 0.2) is 67.8 Å². The summed E-state index contributed by atoms with van der Waals surface area (Å²) in [5.41, 5.74) is 4.42. The molecule has 1 amide bonds. The Hall–Kier alpha value is -4.86. The molecule has 2 aromatic carbocycles. The molecule has 0 bridgehead atoms. The molecule has 4 heterocycles. The number of anilines is 2. The van der Waals surface area contributed by atoms with Crippen LogP contribution >= 0.6 is 0 Å². The number of likely N-dealkylation sites (tertiary alicyclic amines) is 1. The minimum atomic E-state index is -0.452. The fraction of sp³-hybridized carbons (Fsp3) is 0.258. The maximum atomic E-state index is 15.6. The van der Waals surface area contributed by atoms with Crippen LogP contribution in [0.5, 0.6) is 11.5 Å². The van der Waals surface area contributed by atoms with Crippen LogP contribution in [0.1, 0.15) is 36.4 Å². The van der Waals surface area contributed by atoms with Gasteiger partial charge in [0.25, 0.3) is 0 Å². The molecular weight excluding hydrogens is 521 g/mol. The molecule has 5 aromatic rings. The van der Waals surface area contributed by atoms with Gasteiger partial charge in [-0.25, -0.2) is 24.3 Å². The number of halogens is 1. The molecule has 1 fully saturated rings. The van der Waals surface area contributed by atoms with Crippen LogP contribution in [-0.2, 0) is 11.8 Å². The fourth-order valence-corrected chi connectivity index (χ4v) is 5.30. The second-order valence-electron chi connectivity index (χ2n) is 10.3. The summed E-state index contributed by atoms with van der Waals surface area (Å²) in [6, 6.07) is 12.8. The molecule has 9 nitrogen and oxygen atoms in total. The molecule has 41 heavy (non-hydrogen) atoms. The minimum absolute atomic E-state index is 0.0691. The number of amides is 1. The van der Waals surface area contributed by atoms with E-state index in [1.54, 1.807) is 25.4 Å². The third-order valence-electron chi connectivity index (χ3n) is 7.59. The molecule has 0 spiro atoms. The van der Waals surface area contributed by atoms with Gasteiger partial charge in [-0.2, -0.15) is 0 Å². The normalized spacial score (nSPS) is 15.6. The zero-order chi connectivity index (χ0) is 28.5. The summed E-state index contributed by atoms with van der Waals surface area (Å²) >= 11 is 0. The van der Waals surface area contributed by atoms with Gasteiger partial charge in [0.15, 0.2) is 11.6 Å². The van der Waals surface area contributed by atoms with Gasteiger partial charge in [-0.05, 0) is 62.2 Å². The second-order valence-corrected chi connectivity index (χ2v) is 10.3. The monoisotopic (exact) mass is 551 g/mol. The van der Waals surface area contributed by atoms with E-state index in [0.29, 0.717) is 47.0 Å². The number of carbonyl (C=O) groups excluding carboxylic acids is 1. The second kappa shape index (κ2) is 11.0. The number of ether oxygens (including phenoxy) is 1. The van der Waals surface area contributed by atoms with E-state index in [4.69, 9.17) is 9.72 Å². The molecule has 1 atom stereocenters. The molecular formula is C31H30FN7O2. The summed E-state index contributed by atoms with van der Waals surface area (Å²) in [6.07, 6.45) is 7.38. The van der Waals surface area contributed by atoms with Gasteiger partial charge in [0.1, 0.15) is 23.3 Å². The summed E-state index contributed by atoms with van der Waals surface area (Å²) in [6.45, 7) is 6.59. The molecule has 1 saturated heterocycles. The third-order valence-corrected chi connectivity index (χ3v) is 7.59. The Balaban J connectivity index is 1.27. The number of pyridine rings is 1. The van der Waals surface area contributed by atoms with Gasteiger partial charge in [-0.1, -0.05) is 13.0 Å². The first-order chi connectivity index (χ1) is 19.9. The van der Waals surface area contributed by atoms with E-state index in [9.17, 15) is 4.79 Å². The molecule has 0 radical (unpaired) electrons. The lowest BCUT2D eigenvalue weighted by Gasteiger charge is -2.23. The maximum absolute atomic E-state index is 15.6. The average molecular weight is 552 g/mol. The van der Waals surface area contributed by atoms with Gasteiger partial charge in [0, 0.05) is 43.4 Å². The van der Waals surface area contributed by atoms with Crippen LogP contribution in [0.3, 0.4) is 0 Å². The van der Waals surface area contributed by atoms with Gasteiger partial charge in [-0.15, -0.1) is 0 Å². The minimum Gasteiger partial charge on any atom is -0.457 e. The Morgan fingerprint density at radius 2 is 2.00 bits per heavy atom. The molecule has 0 aliphatic carbocycles. The molecule has 10 heteroatoms. The Morgan fingerprint density at radius 3 is 2.85 bits per heavy atom. The number of nitrogens with one attached hydrogen (secondary N) is 1. The van der Waals surface area contributed by atoms with Gasteiger partial charge >= 0.3 is 0 Å². The van der Waals surface area contributed by atoms with Crippen LogP contribution < -0.4 is 10.1 Å². The molecule has 6 rings (SSSR count). The lowest BCUT2D eigenvalue weighted by molar-refractivity contribution is -0.126. The first-order valence-electron chi connectivity index (χ1n) is 13.6. The van der Waals surface area contributed by atoms with Crippen molar-refractivity contribution in [2.24, 2.45) is 7.05 Å². The third kappa shape index (κ3) is 5.20. The van der Waals surface area contributed by atoms with Gasteiger partial charge in [-0.3, -0.25) is 4.79 Å². The Morgan fingerprint density at radius 1 is 1.12 bits per heavy atom. The van der Waals surface area contributed by atoms with Crippen molar-refractivity contribution in [2.45, 2.75) is 32.1 Å². The Bertz CT molecular complexity index is 1780. The first-order valence-corrected chi connectivity index (χ1v) is 13.6. The largest absolute Gasteiger partial charge is 0.457 e. The van der Waals surface area contributed by atoms with Crippen LogP contribution in [0, 0.1) is 12.7 Å². The molecule has 208 valence electrons. The number of carbonyl (C=O) groups is 1. The number of benzene rings is 2. The van der Waals surface area contributed by atoms with Crippen LogP contribution in [0.2, 0.25) is 0 Å². The van der Waals surface area contributed by atoms with Crippen molar-refractivity contribution in [1.29, 1.82) is 0 Å². The highest BCUT2D eigenvalue weighted by Crippen LogP contribution is 2.34. The Kier molecular flexibility index (Phi) is 7.05. The quantitative estimate of drug-likeness (QED) is 0.252. The van der Waals surface area contributed by atoms with Gasteiger partial charge in [0.2, 0.25) is 5.91 Å². The van der Waals surface area contributed by atoms with E-state index in [-0.39, 0.29) is 17.5 Å². The average Bonchev–Trinajstić information content (AvgIpc) is 3.19. The summed E-state index contributed by atoms with van der Waals surface area (Å²) in [7, 11) is 1.93. The topological polar surface area (TPSA) is 98.1 Å². The molecule has 0 saturated carbocycles. The highest BCUT2D eigenvalue weighted by Gasteiger charge is 2.24. The summed E-state index contributed by atoms with van der Waals surface area (Å²) in [4.78, 5) is 32.1. The maximum Gasteiger partial charge on any atom is 0.245 e. The van der Waals surface area contributed by atoms with E-state index in [1.165, 1.54) is 12.4 Å². The predicted molar refractivity (Wildman–Crippen MR) is 156 cm³/mol. The number of hydrogen-bond donors (Lipinski definition) is 1. The van der Waals surface area contributed by atoms with Crippen molar-refractivity contribution >= 4 is 39.5 Å². The van der Waals surface area contributed by atoms with E-state index < -0.39 is 5.82 Å². The number of rotatable bonds is 6. The van der Waals surface area contributed by atoms with E-state index in [0.717, 1.165) is 36.0 Å².